The Bertz CT molecular complexity index is 657. The lowest BCUT2D eigenvalue weighted by molar-refractivity contribution is 0.235. The number of hydrogen-bond acceptors (Lipinski definition) is 4. The molecule has 0 aliphatic carbocycles. The van der Waals surface area contributed by atoms with E-state index < -0.39 is 0 Å². The van der Waals surface area contributed by atoms with Crippen molar-refractivity contribution in [3.8, 4) is 0 Å². The molecule has 2 aromatic rings. The summed E-state index contributed by atoms with van der Waals surface area (Å²) in [6, 6.07) is 0. The van der Waals surface area contributed by atoms with Crippen LogP contribution in [0.15, 0.2) is 17.2 Å². The van der Waals surface area contributed by atoms with Crippen LogP contribution in [0.1, 0.15) is 17.1 Å². The van der Waals surface area contributed by atoms with E-state index in [9.17, 15) is 4.79 Å². The van der Waals surface area contributed by atoms with Gasteiger partial charge in [0, 0.05) is 36.7 Å². The smallest absolute Gasteiger partial charge is 0.255 e. The second kappa shape index (κ2) is 4.51. The van der Waals surface area contributed by atoms with Crippen molar-refractivity contribution in [3.05, 3.63) is 44.6 Å². The van der Waals surface area contributed by atoms with Gasteiger partial charge in [0.25, 0.3) is 5.56 Å². The summed E-state index contributed by atoms with van der Waals surface area (Å²) in [5, 5.41) is 0. The van der Waals surface area contributed by atoms with Gasteiger partial charge in [-0.15, -0.1) is 0 Å². The van der Waals surface area contributed by atoms with Gasteiger partial charge < -0.3 is 9.97 Å². The third kappa shape index (κ3) is 2.14. The molecule has 94 valence electrons. The molecule has 3 heterocycles. The lowest BCUT2D eigenvalue weighted by Crippen LogP contribution is -2.35. The van der Waals surface area contributed by atoms with Crippen LogP contribution in [0.5, 0.6) is 0 Å². The van der Waals surface area contributed by atoms with Crippen molar-refractivity contribution < 1.29 is 0 Å². The van der Waals surface area contributed by atoms with Crippen LogP contribution < -0.4 is 5.56 Å². The van der Waals surface area contributed by atoms with E-state index in [0.29, 0.717) is 11.3 Å². The Morgan fingerprint density at radius 3 is 3.11 bits per heavy atom. The first-order valence-corrected chi connectivity index (χ1v) is 6.18. The maximum absolute atomic E-state index is 11.7. The molecule has 0 unspecified atom stereocenters. The average molecular weight is 263 g/mol. The molecule has 0 aromatic carbocycles. The lowest BCUT2D eigenvalue weighted by atomic mass is 10.1. The summed E-state index contributed by atoms with van der Waals surface area (Å²) in [5.74, 6) is 0.932. The van der Waals surface area contributed by atoms with Gasteiger partial charge in [-0.3, -0.25) is 14.7 Å². The molecule has 0 fully saturated rings. The molecular formula is C11H13N5OS. The number of fused-ring (bicyclic) bond motifs is 1. The SMILES string of the molecule is O=c1[nH]c(=S)[nH]c2c1CCN(Cc1ncc[nH]1)C2. The summed E-state index contributed by atoms with van der Waals surface area (Å²) >= 11 is 4.99. The predicted molar refractivity (Wildman–Crippen MR) is 68.7 cm³/mol. The number of aromatic amines is 3. The van der Waals surface area contributed by atoms with E-state index in [1.807, 2.05) is 6.20 Å². The monoisotopic (exact) mass is 263 g/mol. The van der Waals surface area contributed by atoms with Gasteiger partial charge in [-0.25, -0.2) is 4.98 Å². The largest absolute Gasteiger partial charge is 0.348 e. The summed E-state index contributed by atoms with van der Waals surface area (Å²) in [4.78, 5) is 26.9. The van der Waals surface area contributed by atoms with Crippen LogP contribution in [0.25, 0.3) is 0 Å². The zero-order valence-electron chi connectivity index (χ0n) is 9.69. The number of imidazole rings is 1. The molecular weight excluding hydrogens is 250 g/mol. The minimum absolute atomic E-state index is 0.0635. The number of aromatic nitrogens is 4. The van der Waals surface area contributed by atoms with Crippen molar-refractivity contribution in [2.45, 2.75) is 19.5 Å². The molecule has 1 aliphatic heterocycles. The highest BCUT2D eigenvalue weighted by Crippen LogP contribution is 2.14. The fourth-order valence-electron chi connectivity index (χ4n) is 2.26. The summed E-state index contributed by atoms with van der Waals surface area (Å²) in [7, 11) is 0. The topological polar surface area (TPSA) is 80.6 Å². The highest BCUT2D eigenvalue weighted by molar-refractivity contribution is 7.71. The Hall–Kier alpha value is -1.73. The van der Waals surface area contributed by atoms with Gasteiger partial charge in [0.05, 0.1) is 6.54 Å². The molecule has 3 rings (SSSR count). The van der Waals surface area contributed by atoms with Crippen molar-refractivity contribution in [3.63, 3.8) is 0 Å². The normalized spacial score (nSPS) is 15.6. The number of hydrogen-bond donors (Lipinski definition) is 3. The van der Waals surface area contributed by atoms with E-state index >= 15 is 0 Å². The Balaban J connectivity index is 1.85. The molecule has 0 radical (unpaired) electrons. The third-order valence-corrected chi connectivity index (χ3v) is 3.32. The van der Waals surface area contributed by atoms with Crippen molar-refractivity contribution in [2.24, 2.45) is 0 Å². The third-order valence-electron chi connectivity index (χ3n) is 3.12. The van der Waals surface area contributed by atoms with E-state index in [1.165, 1.54) is 0 Å². The summed E-state index contributed by atoms with van der Waals surface area (Å²) in [5.41, 5.74) is 1.67. The van der Waals surface area contributed by atoms with Gasteiger partial charge in [-0.2, -0.15) is 0 Å². The molecule has 18 heavy (non-hydrogen) atoms. The zero-order valence-corrected chi connectivity index (χ0v) is 10.5. The standard InChI is InChI=1S/C11H13N5OS/c17-10-7-1-4-16(6-9-12-2-3-13-9)5-8(7)14-11(18)15-10/h2-3H,1,4-6H2,(H,12,13)(H2,14,15,17,18). The molecule has 0 bridgehead atoms. The fourth-order valence-corrected chi connectivity index (χ4v) is 2.48. The Labute approximate surface area is 108 Å². The molecule has 7 heteroatoms. The van der Waals surface area contributed by atoms with E-state index in [0.717, 1.165) is 36.6 Å². The van der Waals surface area contributed by atoms with Gasteiger partial charge in [-0.1, -0.05) is 0 Å². The second-order valence-electron chi connectivity index (χ2n) is 4.36. The summed E-state index contributed by atoms with van der Waals surface area (Å²) in [6.07, 6.45) is 4.29. The van der Waals surface area contributed by atoms with Crippen LogP contribution in [0, 0.1) is 4.77 Å². The zero-order chi connectivity index (χ0) is 12.5. The molecule has 1 aliphatic rings. The van der Waals surface area contributed by atoms with Gasteiger partial charge in [0.15, 0.2) is 4.77 Å². The first-order chi connectivity index (χ1) is 8.72. The van der Waals surface area contributed by atoms with Gasteiger partial charge in [-0.05, 0) is 18.6 Å². The summed E-state index contributed by atoms with van der Waals surface area (Å²) < 4.78 is 0.388. The molecule has 0 saturated carbocycles. The molecule has 0 amide bonds. The van der Waals surface area contributed by atoms with Crippen molar-refractivity contribution in [1.82, 2.24) is 24.8 Å². The van der Waals surface area contributed by atoms with Gasteiger partial charge >= 0.3 is 0 Å². The van der Waals surface area contributed by atoms with E-state index in [-0.39, 0.29) is 5.56 Å². The number of rotatable bonds is 2. The highest BCUT2D eigenvalue weighted by Gasteiger charge is 2.19. The van der Waals surface area contributed by atoms with Crippen LogP contribution in [0.3, 0.4) is 0 Å². The molecule has 2 aromatic heterocycles. The highest BCUT2D eigenvalue weighted by atomic mass is 32.1. The quantitative estimate of drug-likeness (QED) is 0.697. The van der Waals surface area contributed by atoms with E-state index in [4.69, 9.17) is 12.2 Å². The van der Waals surface area contributed by atoms with Gasteiger partial charge in [0.2, 0.25) is 0 Å². The van der Waals surface area contributed by atoms with Crippen LogP contribution in [0.2, 0.25) is 0 Å². The Kier molecular flexibility index (Phi) is 2.85. The molecule has 0 spiro atoms. The Morgan fingerprint density at radius 1 is 1.44 bits per heavy atom. The summed E-state index contributed by atoms with van der Waals surface area (Å²) in [6.45, 7) is 2.30. The average Bonchev–Trinajstić information content (AvgIpc) is 2.81. The van der Waals surface area contributed by atoms with Crippen molar-refractivity contribution in [1.29, 1.82) is 0 Å². The van der Waals surface area contributed by atoms with Crippen molar-refractivity contribution in [2.75, 3.05) is 6.54 Å². The van der Waals surface area contributed by atoms with Crippen LogP contribution in [-0.2, 0) is 19.5 Å². The van der Waals surface area contributed by atoms with Crippen LogP contribution >= 0.6 is 12.2 Å². The van der Waals surface area contributed by atoms with E-state index in [1.54, 1.807) is 6.20 Å². The van der Waals surface area contributed by atoms with E-state index in [2.05, 4.69) is 24.8 Å². The number of H-pyrrole nitrogens is 3. The minimum atomic E-state index is -0.0635. The Morgan fingerprint density at radius 2 is 2.33 bits per heavy atom. The number of nitrogens with zero attached hydrogens (tertiary/aromatic N) is 2. The lowest BCUT2D eigenvalue weighted by Gasteiger charge is -2.26. The predicted octanol–water partition coefficient (Wildman–Crippen LogP) is 0.714. The number of nitrogens with one attached hydrogen (secondary N) is 3. The maximum Gasteiger partial charge on any atom is 0.255 e. The van der Waals surface area contributed by atoms with Crippen LogP contribution in [-0.4, -0.2) is 31.4 Å². The molecule has 0 saturated heterocycles. The molecule has 3 N–H and O–H groups in total. The fraction of sp³-hybridized carbons (Fsp3) is 0.364. The molecule has 6 nitrogen and oxygen atoms in total. The van der Waals surface area contributed by atoms with Crippen LogP contribution in [0.4, 0.5) is 0 Å². The first-order valence-electron chi connectivity index (χ1n) is 5.77. The minimum Gasteiger partial charge on any atom is -0.348 e. The maximum atomic E-state index is 11.7. The second-order valence-corrected chi connectivity index (χ2v) is 4.77. The first kappa shape index (κ1) is 11.4. The molecule has 0 atom stereocenters. The van der Waals surface area contributed by atoms with Gasteiger partial charge in [0.1, 0.15) is 5.82 Å². The van der Waals surface area contributed by atoms with Crippen molar-refractivity contribution >= 4 is 12.2 Å².